The van der Waals surface area contributed by atoms with E-state index < -0.39 is 0 Å². The van der Waals surface area contributed by atoms with Gasteiger partial charge in [-0.2, -0.15) is 0 Å². The molecule has 0 atom stereocenters. The van der Waals surface area contributed by atoms with Crippen molar-refractivity contribution in [2.45, 2.75) is 12.8 Å². The van der Waals surface area contributed by atoms with Gasteiger partial charge >= 0.3 is 0 Å². The summed E-state index contributed by atoms with van der Waals surface area (Å²) in [6.07, 6.45) is 6.80. The van der Waals surface area contributed by atoms with Crippen molar-refractivity contribution in [1.82, 2.24) is 0 Å². The van der Waals surface area contributed by atoms with Gasteiger partial charge in [-0.1, -0.05) is 78.4 Å². The van der Waals surface area contributed by atoms with Crippen LogP contribution in [0.25, 0.3) is 60.7 Å². The molecule has 0 unspecified atom stereocenters. The fourth-order valence-electron chi connectivity index (χ4n) is 5.35. The Balaban J connectivity index is 1.55. The first-order valence-electron chi connectivity index (χ1n) is 11.0. The van der Waals surface area contributed by atoms with E-state index in [1.54, 1.807) is 0 Å². The standard InChI is InChI=1S/C30H19ClO/c31-19-13-15-26-27-11-5-10-20(30(27)32-29(26)17-19)18-12-14-25-23-8-2-1-6-21(23)22-7-3-4-9-24(22)28(25)16-18/h1-2,4-6,8-17H,3,7H2. The van der Waals surface area contributed by atoms with Crippen LogP contribution in [0.3, 0.4) is 0 Å². The van der Waals surface area contributed by atoms with Crippen LogP contribution in [0.1, 0.15) is 17.5 Å². The van der Waals surface area contributed by atoms with Crippen LogP contribution >= 0.6 is 11.6 Å². The largest absolute Gasteiger partial charge is 0.455 e. The van der Waals surface area contributed by atoms with Crippen molar-refractivity contribution >= 4 is 61.2 Å². The van der Waals surface area contributed by atoms with Gasteiger partial charge in [0.1, 0.15) is 11.2 Å². The maximum absolute atomic E-state index is 6.32. The average Bonchev–Trinajstić information content (AvgIpc) is 3.21. The molecule has 0 saturated carbocycles. The average molecular weight is 431 g/mol. The van der Waals surface area contributed by atoms with Gasteiger partial charge < -0.3 is 4.42 Å². The summed E-state index contributed by atoms with van der Waals surface area (Å²) >= 11 is 6.22. The van der Waals surface area contributed by atoms with Crippen LogP contribution in [0.5, 0.6) is 0 Å². The monoisotopic (exact) mass is 430 g/mol. The molecule has 1 nitrogen and oxygen atoms in total. The fourth-order valence-corrected chi connectivity index (χ4v) is 5.51. The lowest BCUT2D eigenvalue weighted by atomic mass is 9.85. The first-order chi connectivity index (χ1) is 15.8. The van der Waals surface area contributed by atoms with E-state index in [9.17, 15) is 0 Å². The number of benzene rings is 5. The molecule has 0 N–H and O–H groups in total. The van der Waals surface area contributed by atoms with E-state index in [0.717, 1.165) is 40.3 Å². The summed E-state index contributed by atoms with van der Waals surface area (Å²) in [4.78, 5) is 0. The summed E-state index contributed by atoms with van der Waals surface area (Å²) in [6.45, 7) is 0. The van der Waals surface area contributed by atoms with Gasteiger partial charge in [0, 0.05) is 27.4 Å². The van der Waals surface area contributed by atoms with Gasteiger partial charge in [0.25, 0.3) is 0 Å². The number of aryl methyl sites for hydroxylation is 1. The van der Waals surface area contributed by atoms with E-state index in [1.165, 1.54) is 38.2 Å². The minimum absolute atomic E-state index is 0.689. The molecule has 7 rings (SSSR count). The Morgan fingerprint density at radius 3 is 2.44 bits per heavy atom. The van der Waals surface area contributed by atoms with Gasteiger partial charge in [0.2, 0.25) is 0 Å². The molecule has 2 heteroatoms. The Morgan fingerprint density at radius 1 is 0.688 bits per heavy atom. The maximum atomic E-state index is 6.32. The lowest BCUT2D eigenvalue weighted by molar-refractivity contribution is 0.670. The Morgan fingerprint density at radius 2 is 1.50 bits per heavy atom. The maximum Gasteiger partial charge on any atom is 0.143 e. The van der Waals surface area contributed by atoms with Crippen LogP contribution in [0, 0.1) is 0 Å². The molecule has 1 aliphatic carbocycles. The Labute approximate surface area is 190 Å². The molecule has 1 aromatic heterocycles. The fraction of sp³-hybridized carbons (Fsp3) is 0.0667. The second-order valence-electron chi connectivity index (χ2n) is 8.56. The second kappa shape index (κ2) is 6.72. The Hall–Kier alpha value is -3.55. The number of para-hydroxylation sites is 1. The van der Waals surface area contributed by atoms with Crippen LogP contribution in [0.4, 0.5) is 0 Å². The van der Waals surface area contributed by atoms with Crippen molar-refractivity contribution in [3.8, 4) is 11.1 Å². The Bertz CT molecular complexity index is 1740. The lowest BCUT2D eigenvalue weighted by Crippen LogP contribution is -1.98. The third kappa shape index (κ3) is 2.52. The van der Waals surface area contributed by atoms with E-state index in [4.69, 9.17) is 16.0 Å². The van der Waals surface area contributed by atoms with E-state index in [-0.39, 0.29) is 0 Å². The molecule has 0 bridgehead atoms. The van der Waals surface area contributed by atoms with Crippen molar-refractivity contribution in [3.63, 3.8) is 0 Å². The number of halogens is 1. The second-order valence-corrected chi connectivity index (χ2v) is 9.00. The molecule has 6 aromatic rings. The van der Waals surface area contributed by atoms with Crippen molar-refractivity contribution in [2.75, 3.05) is 0 Å². The number of allylic oxidation sites excluding steroid dienone is 1. The highest BCUT2D eigenvalue weighted by molar-refractivity contribution is 6.31. The van der Waals surface area contributed by atoms with Crippen molar-refractivity contribution in [2.24, 2.45) is 0 Å². The quantitative estimate of drug-likeness (QED) is 0.237. The molecule has 1 heterocycles. The molecule has 32 heavy (non-hydrogen) atoms. The normalized spacial score (nSPS) is 13.4. The summed E-state index contributed by atoms with van der Waals surface area (Å²) in [7, 11) is 0. The zero-order valence-electron chi connectivity index (χ0n) is 17.4. The lowest BCUT2D eigenvalue weighted by Gasteiger charge is -2.18. The SMILES string of the molecule is Clc1ccc2c(c1)oc1c(-c3ccc4c(c3)c3c(c5ccccc54)CCC=C3)cccc12. The molecule has 0 spiro atoms. The topological polar surface area (TPSA) is 13.1 Å². The third-order valence-corrected chi connectivity index (χ3v) is 7.03. The highest BCUT2D eigenvalue weighted by atomic mass is 35.5. The van der Waals surface area contributed by atoms with E-state index in [1.807, 2.05) is 18.2 Å². The third-order valence-electron chi connectivity index (χ3n) is 6.79. The molecule has 152 valence electrons. The predicted octanol–water partition coefficient (Wildman–Crippen LogP) is 9.17. The summed E-state index contributed by atoms with van der Waals surface area (Å²) in [6, 6.07) is 27.9. The van der Waals surface area contributed by atoms with Crippen LogP contribution in [-0.4, -0.2) is 0 Å². The minimum atomic E-state index is 0.689. The molecule has 0 fully saturated rings. The highest BCUT2D eigenvalue weighted by Gasteiger charge is 2.17. The van der Waals surface area contributed by atoms with Gasteiger partial charge in [-0.3, -0.25) is 0 Å². The minimum Gasteiger partial charge on any atom is -0.455 e. The molecule has 5 aromatic carbocycles. The Kier molecular flexibility index (Phi) is 3.79. The highest BCUT2D eigenvalue weighted by Crippen LogP contribution is 2.41. The summed E-state index contributed by atoms with van der Waals surface area (Å²) in [5.74, 6) is 0. The summed E-state index contributed by atoms with van der Waals surface area (Å²) in [5, 5.41) is 8.23. The molecular formula is C30H19ClO. The molecule has 0 radical (unpaired) electrons. The molecule has 1 aliphatic rings. The van der Waals surface area contributed by atoms with Crippen LogP contribution in [0.2, 0.25) is 5.02 Å². The number of fused-ring (bicyclic) bond motifs is 9. The number of hydrogen-bond donors (Lipinski definition) is 0. The first-order valence-corrected chi connectivity index (χ1v) is 11.4. The molecule has 0 saturated heterocycles. The van der Waals surface area contributed by atoms with Crippen molar-refractivity contribution in [1.29, 1.82) is 0 Å². The number of furan rings is 1. The van der Waals surface area contributed by atoms with Crippen LogP contribution < -0.4 is 0 Å². The van der Waals surface area contributed by atoms with Gasteiger partial charge in [-0.05, 0) is 69.3 Å². The van der Waals surface area contributed by atoms with Gasteiger partial charge in [0.15, 0.2) is 0 Å². The number of hydrogen-bond acceptors (Lipinski definition) is 1. The van der Waals surface area contributed by atoms with Gasteiger partial charge in [0.05, 0.1) is 0 Å². The zero-order valence-corrected chi connectivity index (χ0v) is 18.1. The van der Waals surface area contributed by atoms with Crippen LogP contribution in [-0.2, 0) is 6.42 Å². The van der Waals surface area contributed by atoms with Gasteiger partial charge in [-0.25, -0.2) is 0 Å². The van der Waals surface area contributed by atoms with E-state index in [2.05, 4.69) is 72.8 Å². The van der Waals surface area contributed by atoms with E-state index >= 15 is 0 Å². The summed E-state index contributed by atoms with van der Waals surface area (Å²) < 4.78 is 6.32. The van der Waals surface area contributed by atoms with Crippen molar-refractivity contribution in [3.05, 3.63) is 101 Å². The van der Waals surface area contributed by atoms with Crippen LogP contribution in [0.15, 0.2) is 89.4 Å². The zero-order chi connectivity index (χ0) is 21.2. The van der Waals surface area contributed by atoms with Gasteiger partial charge in [-0.15, -0.1) is 0 Å². The van der Waals surface area contributed by atoms with E-state index in [0.29, 0.717) is 5.02 Å². The first kappa shape index (κ1) is 18.1. The molecule has 0 amide bonds. The summed E-state index contributed by atoms with van der Waals surface area (Å²) in [5.41, 5.74) is 6.84. The molecule has 0 aliphatic heterocycles. The smallest absolute Gasteiger partial charge is 0.143 e. The molecular weight excluding hydrogens is 412 g/mol. The van der Waals surface area contributed by atoms with Crippen molar-refractivity contribution < 1.29 is 4.42 Å². The predicted molar refractivity (Wildman–Crippen MR) is 137 cm³/mol. The number of rotatable bonds is 1.